The molecule has 6 N–H and O–H groups in total. The minimum absolute atomic E-state index is 0.371. The Bertz CT molecular complexity index is 528. The minimum Gasteiger partial charge on any atom is -0.480 e. The standard InChI is InChI=1S/C16H29N3O7/c1-8(2)12(14(23)18-10(7-20)15(24)25)19-13(22)9(17)6-11(21)26-16(3,4)5/h8-10,12,20H,6-7,17H2,1-5H3,(H,18,23)(H,19,22)(H,24,25)/t9-,10-,12-/m0/s1. The van der Waals surface area contributed by atoms with Crippen LogP contribution in [0, 0.1) is 5.92 Å². The first-order chi connectivity index (χ1) is 11.8. The molecule has 0 spiro atoms. The van der Waals surface area contributed by atoms with Crippen molar-refractivity contribution >= 4 is 23.8 Å². The van der Waals surface area contributed by atoms with Gasteiger partial charge in [0.05, 0.1) is 19.1 Å². The molecular weight excluding hydrogens is 346 g/mol. The van der Waals surface area contributed by atoms with Crippen molar-refractivity contribution in [2.24, 2.45) is 11.7 Å². The smallest absolute Gasteiger partial charge is 0.328 e. The molecule has 0 aromatic carbocycles. The number of carbonyl (C=O) groups is 4. The van der Waals surface area contributed by atoms with Crippen LogP contribution in [0.5, 0.6) is 0 Å². The van der Waals surface area contributed by atoms with Crippen LogP contribution in [-0.4, -0.2) is 64.3 Å². The zero-order chi connectivity index (χ0) is 20.7. The molecule has 0 bridgehead atoms. The average Bonchev–Trinajstić information content (AvgIpc) is 2.46. The second kappa shape index (κ2) is 10.1. The molecule has 10 nitrogen and oxygen atoms in total. The summed E-state index contributed by atoms with van der Waals surface area (Å²) in [6.45, 7) is 7.51. The van der Waals surface area contributed by atoms with E-state index < -0.39 is 54.1 Å². The van der Waals surface area contributed by atoms with Crippen LogP contribution in [-0.2, 0) is 23.9 Å². The summed E-state index contributed by atoms with van der Waals surface area (Å²) in [6, 6.07) is -3.80. The number of amides is 2. The van der Waals surface area contributed by atoms with E-state index in [-0.39, 0.29) is 12.3 Å². The summed E-state index contributed by atoms with van der Waals surface area (Å²) >= 11 is 0. The highest BCUT2D eigenvalue weighted by atomic mass is 16.6. The summed E-state index contributed by atoms with van der Waals surface area (Å²) in [6.07, 6.45) is -0.371. The molecule has 0 aliphatic rings. The Hall–Kier alpha value is -2.20. The number of nitrogens with two attached hydrogens (primary N) is 1. The highest BCUT2D eigenvalue weighted by molar-refractivity contribution is 5.93. The maximum atomic E-state index is 12.2. The fraction of sp³-hybridized carbons (Fsp3) is 0.750. The van der Waals surface area contributed by atoms with Gasteiger partial charge in [-0.2, -0.15) is 0 Å². The first-order valence-electron chi connectivity index (χ1n) is 8.20. The molecular formula is C16H29N3O7. The van der Waals surface area contributed by atoms with E-state index in [1.807, 2.05) is 0 Å². The Balaban J connectivity index is 4.88. The SMILES string of the molecule is CC(C)[C@H](NC(=O)[C@@H](N)CC(=O)OC(C)(C)C)C(=O)N[C@@H](CO)C(=O)O. The molecule has 0 saturated carbocycles. The lowest BCUT2D eigenvalue weighted by Crippen LogP contribution is -2.57. The van der Waals surface area contributed by atoms with Crippen LogP contribution in [0.2, 0.25) is 0 Å². The molecule has 150 valence electrons. The zero-order valence-electron chi connectivity index (χ0n) is 15.7. The van der Waals surface area contributed by atoms with Gasteiger partial charge in [-0.05, 0) is 26.7 Å². The van der Waals surface area contributed by atoms with Crippen LogP contribution in [0.25, 0.3) is 0 Å². The summed E-state index contributed by atoms with van der Waals surface area (Å²) in [5.41, 5.74) is 4.96. The van der Waals surface area contributed by atoms with Gasteiger partial charge in [-0.1, -0.05) is 13.8 Å². The normalized spacial score (nSPS) is 14.9. The Morgan fingerprint density at radius 1 is 1.08 bits per heavy atom. The van der Waals surface area contributed by atoms with Gasteiger partial charge in [-0.25, -0.2) is 4.79 Å². The van der Waals surface area contributed by atoms with E-state index in [1.54, 1.807) is 34.6 Å². The maximum absolute atomic E-state index is 12.2. The average molecular weight is 375 g/mol. The van der Waals surface area contributed by atoms with Crippen LogP contribution in [0.3, 0.4) is 0 Å². The first kappa shape index (κ1) is 23.8. The van der Waals surface area contributed by atoms with E-state index in [1.165, 1.54) is 0 Å². The summed E-state index contributed by atoms with van der Waals surface area (Å²) < 4.78 is 5.08. The van der Waals surface area contributed by atoms with Crippen molar-refractivity contribution in [2.45, 2.75) is 64.8 Å². The van der Waals surface area contributed by atoms with Crippen molar-refractivity contribution in [3.05, 3.63) is 0 Å². The molecule has 0 fully saturated rings. The monoisotopic (exact) mass is 375 g/mol. The van der Waals surface area contributed by atoms with Gasteiger partial charge in [0, 0.05) is 0 Å². The zero-order valence-corrected chi connectivity index (χ0v) is 15.7. The van der Waals surface area contributed by atoms with Crippen LogP contribution in [0.4, 0.5) is 0 Å². The third kappa shape index (κ3) is 8.77. The number of rotatable bonds is 9. The molecule has 0 saturated heterocycles. The maximum Gasteiger partial charge on any atom is 0.328 e. The number of ether oxygens (including phenoxy) is 1. The van der Waals surface area contributed by atoms with Crippen molar-refractivity contribution in [3.8, 4) is 0 Å². The third-order valence-electron chi connectivity index (χ3n) is 3.19. The number of carboxylic acids is 1. The predicted octanol–water partition coefficient (Wildman–Crippen LogP) is -1.25. The summed E-state index contributed by atoms with van der Waals surface area (Å²) in [5.74, 6) is -3.98. The van der Waals surface area contributed by atoms with E-state index in [0.29, 0.717) is 0 Å². The molecule has 26 heavy (non-hydrogen) atoms. The van der Waals surface area contributed by atoms with Crippen LogP contribution < -0.4 is 16.4 Å². The number of nitrogens with one attached hydrogen (secondary N) is 2. The first-order valence-corrected chi connectivity index (χ1v) is 8.20. The Morgan fingerprint density at radius 2 is 1.62 bits per heavy atom. The van der Waals surface area contributed by atoms with Gasteiger partial charge in [0.15, 0.2) is 0 Å². The van der Waals surface area contributed by atoms with Gasteiger partial charge in [0.1, 0.15) is 17.7 Å². The molecule has 0 aliphatic heterocycles. The van der Waals surface area contributed by atoms with Crippen molar-refractivity contribution in [3.63, 3.8) is 0 Å². The summed E-state index contributed by atoms with van der Waals surface area (Å²) in [7, 11) is 0. The van der Waals surface area contributed by atoms with Gasteiger partial charge < -0.3 is 31.3 Å². The third-order valence-corrected chi connectivity index (χ3v) is 3.19. The fourth-order valence-electron chi connectivity index (χ4n) is 1.90. The summed E-state index contributed by atoms with van der Waals surface area (Å²) in [4.78, 5) is 47.0. The van der Waals surface area contributed by atoms with E-state index in [4.69, 9.17) is 20.7 Å². The molecule has 0 aliphatic carbocycles. The second-order valence-electron chi connectivity index (χ2n) is 7.21. The highest BCUT2D eigenvalue weighted by Crippen LogP contribution is 2.09. The number of hydrogen-bond donors (Lipinski definition) is 5. The predicted molar refractivity (Wildman–Crippen MR) is 91.9 cm³/mol. The number of aliphatic hydroxyl groups is 1. The van der Waals surface area contributed by atoms with E-state index in [9.17, 15) is 19.2 Å². The lowest BCUT2D eigenvalue weighted by Gasteiger charge is -2.25. The number of aliphatic hydroxyl groups excluding tert-OH is 1. The number of aliphatic carboxylic acids is 1. The lowest BCUT2D eigenvalue weighted by atomic mass is 10.0. The topological polar surface area (TPSA) is 168 Å². The molecule has 2 amide bonds. The van der Waals surface area contributed by atoms with E-state index in [0.717, 1.165) is 0 Å². The Morgan fingerprint density at radius 3 is 2.00 bits per heavy atom. The number of carboxylic acid groups (broad SMARTS) is 1. The highest BCUT2D eigenvalue weighted by Gasteiger charge is 2.30. The van der Waals surface area contributed by atoms with Crippen molar-refractivity contribution in [1.29, 1.82) is 0 Å². The van der Waals surface area contributed by atoms with Gasteiger partial charge >= 0.3 is 11.9 Å². The minimum atomic E-state index is -1.49. The molecule has 0 aromatic heterocycles. The van der Waals surface area contributed by atoms with Crippen molar-refractivity contribution < 1.29 is 34.1 Å². The van der Waals surface area contributed by atoms with Gasteiger partial charge in [-0.3, -0.25) is 14.4 Å². The van der Waals surface area contributed by atoms with E-state index >= 15 is 0 Å². The fourth-order valence-corrected chi connectivity index (χ4v) is 1.90. The molecule has 0 heterocycles. The van der Waals surface area contributed by atoms with Crippen LogP contribution in [0.15, 0.2) is 0 Å². The number of esters is 1. The molecule has 0 aromatic rings. The van der Waals surface area contributed by atoms with Crippen LogP contribution >= 0.6 is 0 Å². The number of carbonyl (C=O) groups excluding carboxylic acids is 3. The molecule has 3 atom stereocenters. The molecule has 0 rings (SSSR count). The van der Waals surface area contributed by atoms with Crippen LogP contribution in [0.1, 0.15) is 41.0 Å². The van der Waals surface area contributed by atoms with Gasteiger partial charge in [0.25, 0.3) is 0 Å². The molecule has 0 radical (unpaired) electrons. The lowest BCUT2D eigenvalue weighted by molar-refractivity contribution is -0.156. The second-order valence-corrected chi connectivity index (χ2v) is 7.21. The van der Waals surface area contributed by atoms with Crippen molar-refractivity contribution in [1.82, 2.24) is 10.6 Å². The van der Waals surface area contributed by atoms with Gasteiger partial charge in [0.2, 0.25) is 11.8 Å². The molecule has 10 heteroatoms. The summed E-state index contributed by atoms with van der Waals surface area (Å²) in [5, 5.41) is 22.4. The van der Waals surface area contributed by atoms with Crippen molar-refractivity contribution in [2.75, 3.05) is 6.61 Å². The van der Waals surface area contributed by atoms with E-state index in [2.05, 4.69) is 10.6 Å². The number of hydrogen-bond acceptors (Lipinski definition) is 7. The largest absolute Gasteiger partial charge is 0.480 e. The van der Waals surface area contributed by atoms with Gasteiger partial charge in [-0.15, -0.1) is 0 Å². The quantitative estimate of drug-likeness (QED) is 0.311. The molecule has 0 unspecified atom stereocenters. The Kier molecular flexibility index (Phi) is 9.22. The Labute approximate surface area is 152 Å².